The highest BCUT2D eigenvalue weighted by atomic mass is 16.1. The van der Waals surface area contributed by atoms with Crippen LogP contribution in [0.4, 0.5) is 0 Å². The minimum atomic E-state index is -0.0507. The number of amides is 1. The first kappa shape index (κ1) is 15.0. The Bertz CT molecular complexity index is 764. The third-order valence-corrected chi connectivity index (χ3v) is 3.90. The second-order valence-electron chi connectivity index (χ2n) is 5.55. The van der Waals surface area contributed by atoms with Crippen molar-refractivity contribution in [3.05, 3.63) is 96.1 Å². The summed E-state index contributed by atoms with van der Waals surface area (Å²) in [4.78, 5) is 12.2. The van der Waals surface area contributed by atoms with Crippen LogP contribution in [-0.4, -0.2) is 5.91 Å². The molecule has 23 heavy (non-hydrogen) atoms. The van der Waals surface area contributed by atoms with E-state index in [2.05, 4.69) is 41.7 Å². The lowest BCUT2D eigenvalue weighted by Gasteiger charge is -2.15. The highest BCUT2D eigenvalue weighted by Gasteiger charge is 2.11. The average Bonchev–Trinajstić information content (AvgIpc) is 2.63. The highest BCUT2D eigenvalue weighted by Crippen LogP contribution is 2.21. The molecular formula is C21H19NO. The molecule has 0 saturated carbocycles. The van der Waals surface area contributed by atoms with Crippen molar-refractivity contribution in [2.45, 2.75) is 13.0 Å². The van der Waals surface area contributed by atoms with Crippen molar-refractivity contribution in [3.8, 4) is 11.1 Å². The van der Waals surface area contributed by atoms with Crippen molar-refractivity contribution in [2.24, 2.45) is 0 Å². The van der Waals surface area contributed by atoms with Crippen LogP contribution in [0.15, 0.2) is 84.9 Å². The quantitative estimate of drug-likeness (QED) is 0.733. The molecule has 1 N–H and O–H groups in total. The standard InChI is InChI=1S/C21H19NO/c1-16(22-21(23)20-10-6-3-7-11-20)17-12-14-19(15-13-17)18-8-4-2-5-9-18/h2-16H,1H3,(H,22,23)/t16-/m0/s1. The van der Waals surface area contributed by atoms with Crippen LogP contribution in [0.25, 0.3) is 11.1 Å². The molecular weight excluding hydrogens is 282 g/mol. The zero-order valence-electron chi connectivity index (χ0n) is 13.1. The Morgan fingerprint density at radius 1 is 0.739 bits per heavy atom. The number of rotatable bonds is 4. The Labute approximate surface area is 136 Å². The largest absolute Gasteiger partial charge is 0.346 e. The molecule has 0 heterocycles. The topological polar surface area (TPSA) is 29.1 Å². The summed E-state index contributed by atoms with van der Waals surface area (Å²) in [7, 11) is 0. The SMILES string of the molecule is C[C@H](NC(=O)c1ccccc1)c1ccc(-c2ccccc2)cc1. The highest BCUT2D eigenvalue weighted by molar-refractivity contribution is 5.94. The number of nitrogens with one attached hydrogen (secondary N) is 1. The van der Waals surface area contributed by atoms with E-state index >= 15 is 0 Å². The molecule has 2 heteroatoms. The second-order valence-corrected chi connectivity index (χ2v) is 5.55. The summed E-state index contributed by atoms with van der Waals surface area (Å²) in [5, 5.41) is 3.03. The summed E-state index contributed by atoms with van der Waals surface area (Å²) in [5.74, 6) is -0.0507. The molecule has 3 aromatic carbocycles. The Kier molecular flexibility index (Phi) is 4.53. The lowest BCUT2D eigenvalue weighted by Crippen LogP contribution is -2.26. The third kappa shape index (κ3) is 3.67. The van der Waals surface area contributed by atoms with Gasteiger partial charge >= 0.3 is 0 Å². The molecule has 0 aromatic heterocycles. The molecule has 0 bridgehead atoms. The summed E-state index contributed by atoms with van der Waals surface area (Å²) in [6, 6.07) is 27.8. The summed E-state index contributed by atoms with van der Waals surface area (Å²) in [6.45, 7) is 2.00. The molecule has 3 rings (SSSR count). The first-order valence-corrected chi connectivity index (χ1v) is 7.75. The van der Waals surface area contributed by atoms with Gasteiger partial charge < -0.3 is 5.32 Å². The fourth-order valence-electron chi connectivity index (χ4n) is 2.55. The molecule has 0 aliphatic heterocycles. The Morgan fingerprint density at radius 3 is 1.87 bits per heavy atom. The van der Waals surface area contributed by atoms with Crippen molar-refractivity contribution in [3.63, 3.8) is 0 Å². The molecule has 0 aliphatic carbocycles. The van der Waals surface area contributed by atoms with E-state index in [1.165, 1.54) is 11.1 Å². The predicted molar refractivity (Wildman–Crippen MR) is 94.2 cm³/mol. The molecule has 1 atom stereocenters. The third-order valence-electron chi connectivity index (χ3n) is 3.90. The molecule has 0 spiro atoms. The van der Waals surface area contributed by atoms with Crippen LogP contribution >= 0.6 is 0 Å². The maximum Gasteiger partial charge on any atom is 0.251 e. The zero-order chi connectivity index (χ0) is 16.1. The van der Waals surface area contributed by atoms with Crippen LogP contribution in [0.1, 0.15) is 28.9 Å². The number of benzene rings is 3. The van der Waals surface area contributed by atoms with Gasteiger partial charge in [-0.2, -0.15) is 0 Å². The number of carbonyl (C=O) groups excluding carboxylic acids is 1. The predicted octanol–water partition coefficient (Wildman–Crippen LogP) is 4.84. The van der Waals surface area contributed by atoms with Crippen LogP contribution < -0.4 is 5.32 Å². The zero-order valence-corrected chi connectivity index (χ0v) is 13.1. The maximum atomic E-state index is 12.2. The molecule has 0 aliphatic rings. The van der Waals surface area contributed by atoms with E-state index in [0.717, 1.165) is 5.56 Å². The van der Waals surface area contributed by atoms with Crippen molar-refractivity contribution >= 4 is 5.91 Å². The smallest absolute Gasteiger partial charge is 0.251 e. The first-order valence-electron chi connectivity index (χ1n) is 7.75. The van der Waals surface area contributed by atoms with Gasteiger partial charge in [0.05, 0.1) is 6.04 Å². The minimum absolute atomic E-state index is 0.0347. The van der Waals surface area contributed by atoms with Crippen molar-refractivity contribution in [1.82, 2.24) is 5.32 Å². The van der Waals surface area contributed by atoms with E-state index < -0.39 is 0 Å². The number of hydrogen-bond acceptors (Lipinski definition) is 1. The van der Waals surface area contributed by atoms with Gasteiger partial charge in [-0.1, -0.05) is 72.8 Å². The molecule has 1 amide bonds. The van der Waals surface area contributed by atoms with E-state index in [4.69, 9.17) is 0 Å². The first-order chi connectivity index (χ1) is 11.2. The van der Waals surface area contributed by atoms with Crippen LogP contribution in [0.3, 0.4) is 0 Å². The van der Waals surface area contributed by atoms with Crippen LogP contribution in [0.2, 0.25) is 0 Å². The van der Waals surface area contributed by atoms with Gasteiger partial charge in [0, 0.05) is 5.56 Å². The number of hydrogen-bond donors (Lipinski definition) is 1. The molecule has 114 valence electrons. The van der Waals surface area contributed by atoms with Crippen LogP contribution in [0, 0.1) is 0 Å². The van der Waals surface area contributed by atoms with Gasteiger partial charge in [0.25, 0.3) is 5.91 Å². The molecule has 0 fully saturated rings. The molecule has 3 aromatic rings. The normalized spacial score (nSPS) is 11.7. The van der Waals surface area contributed by atoms with Gasteiger partial charge in [0.15, 0.2) is 0 Å². The summed E-state index contributed by atoms with van der Waals surface area (Å²) in [6.07, 6.45) is 0. The van der Waals surface area contributed by atoms with E-state index in [1.54, 1.807) is 0 Å². The summed E-state index contributed by atoms with van der Waals surface area (Å²) in [5.41, 5.74) is 4.14. The van der Waals surface area contributed by atoms with Gasteiger partial charge in [-0.05, 0) is 35.7 Å². The molecule has 0 radical (unpaired) electrons. The molecule has 0 unspecified atom stereocenters. The average molecular weight is 301 g/mol. The maximum absolute atomic E-state index is 12.2. The van der Waals surface area contributed by atoms with E-state index in [-0.39, 0.29) is 11.9 Å². The second kappa shape index (κ2) is 6.93. The Morgan fingerprint density at radius 2 is 1.26 bits per heavy atom. The fraction of sp³-hybridized carbons (Fsp3) is 0.0952. The lowest BCUT2D eigenvalue weighted by molar-refractivity contribution is 0.0940. The Hall–Kier alpha value is -2.87. The fourth-order valence-corrected chi connectivity index (χ4v) is 2.55. The van der Waals surface area contributed by atoms with Crippen LogP contribution in [0.5, 0.6) is 0 Å². The van der Waals surface area contributed by atoms with Gasteiger partial charge in [-0.15, -0.1) is 0 Å². The van der Waals surface area contributed by atoms with E-state index in [0.29, 0.717) is 5.56 Å². The van der Waals surface area contributed by atoms with Crippen molar-refractivity contribution in [2.75, 3.05) is 0 Å². The number of carbonyl (C=O) groups is 1. The van der Waals surface area contributed by atoms with Crippen molar-refractivity contribution in [1.29, 1.82) is 0 Å². The Balaban J connectivity index is 1.71. The minimum Gasteiger partial charge on any atom is -0.346 e. The molecule has 0 saturated heterocycles. The monoisotopic (exact) mass is 301 g/mol. The summed E-state index contributed by atoms with van der Waals surface area (Å²) >= 11 is 0. The lowest BCUT2D eigenvalue weighted by atomic mass is 10.0. The van der Waals surface area contributed by atoms with Gasteiger partial charge in [-0.25, -0.2) is 0 Å². The van der Waals surface area contributed by atoms with Gasteiger partial charge in [0.1, 0.15) is 0 Å². The summed E-state index contributed by atoms with van der Waals surface area (Å²) < 4.78 is 0. The van der Waals surface area contributed by atoms with E-state index in [9.17, 15) is 4.79 Å². The van der Waals surface area contributed by atoms with Crippen molar-refractivity contribution < 1.29 is 4.79 Å². The van der Waals surface area contributed by atoms with Gasteiger partial charge in [0.2, 0.25) is 0 Å². The van der Waals surface area contributed by atoms with Gasteiger partial charge in [-0.3, -0.25) is 4.79 Å². The van der Waals surface area contributed by atoms with Crippen LogP contribution in [-0.2, 0) is 0 Å². The molecule has 2 nitrogen and oxygen atoms in total. The van der Waals surface area contributed by atoms with E-state index in [1.807, 2.05) is 55.5 Å².